The highest BCUT2D eigenvalue weighted by Crippen LogP contribution is 2.25. The van der Waals surface area contributed by atoms with Gasteiger partial charge in [0.2, 0.25) is 0 Å². The standard InChI is InChI=1S/C15H19NO/c1-3-11(2)9-15(17)13-6-7-14-12(10-13)5-4-8-16-14/h4-8,10-11,15,17H,3,9H2,1-2H3. The SMILES string of the molecule is CCC(C)CC(O)c1ccc2ncccc2c1. The number of rotatable bonds is 4. The lowest BCUT2D eigenvalue weighted by atomic mass is 9.96. The molecule has 1 N–H and O–H groups in total. The number of aliphatic hydroxyl groups is 1. The zero-order valence-corrected chi connectivity index (χ0v) is 10.4. The fourth-order valence-electron chi connectivity index (χ4n) is 1.99. The monoisotopic (exact) mass is 229 g/mol. The van der Waals surface area contributed by atoms with Crippen LogP contribution in [0.5, 0.6) is 0 Å². The van der Waals surface area contributed by atoms with Crippen molar-refractivity contribution in [1.29, 1.82) is 0 Å². The molecule has 0 bridgehead atoms. The summed E-state index contributed by atoms with van der Waals surface area (Å²) in [5.41, 5.74) is 1.97. The van der Waals surface area contributed by atoms with E-state index < -0.39 is 0 Å². The van der Waals surface area contributed by atoms with Gasteiger partial charge in [-0.3, -0.25) is 4.98 Å². The Morgan fingerprint density at radius 2 is 2.12 bits per heavy atom. The number of aliphatic hydroxyl groups excluding tert-OH is 1. The molecule has 0 saturated heterocycles. The number of nitrogens with zero attached hydrogens (tertiary/aromatic N) is 1. The van der Waals surface area contributed by atoms with Crippen LogP contribution in [0.4, 0.5) is 0 Å². The summed E-state index contributed by atoms with van der Waals surface area (Å²) in [4.78, 5) is 4.28. The zero-order chi connectivity index (χ0) is 12.3. The van der Waals surface area contributed by atoms with Crippen LogP contribution in [0.25, 0.3) is 10.9 Å². The van der Waals surface area contributed by atoms with Crippen molar-refractivity contribution in [1.82, 2.24) is 4.98 Å². The Morgan fingerprint density at radius 3 is 2.88 bits per heavy atom. The summed E-state index contributed by atoms with van der Waals surface area (Å²) in [6, 6.07) is 9.94. The number of pyridine rings is 1. The van der Waals surface area contributed by atoms with Gasteiger partial charge in [-0.15, -0.1) is 0 Å². The number of hydrogen-bond donors (Lipinski definition) is 1. The molecule has 17 heavy (non-hydrogen) atoms. The van der Waals surface area contributed by atoms with Crippen molar-refractivity contribution in [2.24, 2.45) is 5.92 Å². The minimum absolute atomic E-state index is 0.366. The van der Waals surface area contributed by atoms with Crippen molar-refractivity contribution in [2.45, 2.75) is 32.8 Å². The maximum atomic E-state index is 10.2. The largest absolute Gasteiger partial charge is 0.388 e. The van der Waals surface area contributed by atoms with Crippen molar-refractivity contribution >= 4 is 10.9 Å². The van der Waals surface area contributed by atoms with Gasteiger partial charge in [-0.05, 0) is 36.1 Å². The van der Waals surface area contributed by atoms with Crippen molar-refractivity contribution in [3.63, 3.8) is 0 Å². The summed E-state index contributed by atoms with van der Waals surface area (Å²) in [6.45, 7) is 4.33. The molecular formula is C15H19NO. The molecule has 0 saturated carbocycles. The van der Waals surface area contributed by atoms with E-state index in [9.17, 15) is 5.11 Å². The van der Waals surface area contributed by atoms with Gasteiger partial charge in [-0.25, -0.2) is 0 Å². The Kier molecular flexibility index (Phi) is 3.75. The van der Waals surface area contributed by atoms with Gasteiger partial charge in [0, 0.05) is 11.6 Å². The third-order valence-electron chi connectivity index (χ3n) is 3.33. The van der Waals surface area contributed by atoms with E-state index in [1.54, 1.807) is 6.20 Å². The average Bonchev–Trinajstić information content (AvgIpc) is 2.38. The summed E-state index contributed by atoms with van der Waals surface area (Å²) in [7, 11) is 0. The third-order valence-corrected chi connectivity index (χ3v) is 3.33. The number of fused-ring (bicyclic) bond motifs is 1. The molecule has 2 atom stereocenters. The van der Waals surface area contributed by atoms with Crippen LogP contribution in [0, 0.1) is 5.92 Å². The molecular weight excluding hydrogens is 210 g/mol. The van der Waals surface area contributed by atoms with Gasteiger partial charge in [-0.2, -0.15) is 0 Å². The Balaban J connectivity index is 2.23. The second-order valence-corrected chi connectivity index (χ2v) is 4.72. The van der Waals surface area contributed by atoms with Crippen molar-refractivity contribution in [3.8, 4) is 0 Å². The summed E-state index contributed by atoms with van der Waals surface area (Å²) < 4.78 is 0. The van der Waals surface area contributed by atoms with Gasteiger partial charge >= 0.3 is 0 Å². The van der Waals surface area contributed by atoms with Crippen LogP contribution in [-0.4, -0.2) is 10.1 Å². The van der Waals surface area contributed by atoms with E-state index in [0.717, 1.165) is 29.3 Å². The first-order chi connectivity index (χ1) is 8.20. The van der Waals surface area contributed by atoms with Crippen molar-refractivity contribution in [3.05, 3.63) is 42.1 Å². The van der Waals surface area contributed by atoms with Crippen LogP contribution in [0.2, 0.25) is 0 Å². The van der Waals surface area contributed by atoms with Gasteiger partial charge < -0.3 is 5.11 Å². The molecule has 1 heterocycles. The fraction of sp³-hybridized carbons (Fsp3) is 0.400. The second kappa shape index (κ2) is 5.28. The topological polar surface area (TPSA) is 33.1 Å². The molecule has 2 heteroatoms. The van der Waals surface area contributed by atoms with E-state index in [1.807, 2.05) is 30.3 Å². The lowest BCUT2D eigenvalue weighted by Crippen LogP contribution is -2.03. The van der Waals surface area contributed by atoms with E-state index in [-0.39, 0.29) is 6.10 Å². The molecule has 90 valence electrons. The van der Waals surface area contributed by atoms with E-state index in [2.05, 4.69) is 18.8 Å². The van der Waals surface area contributed by atoms with E-state index in [0.29, 0.717) is 5.92 Å². The molecule has 1 aromatic heterocycles. The van der Waals surface area contributed by atoms with Crippen LogP contribution >= 0.6 is 0 Å². The summed E-state index contributed by atoms with van der Waals surface area (Å²) in [5.74, 6) is 0.551. The van der Waals surface area contributed by atoms with Crippen LogP contribution in [0.15, 0.2) is 36.5 Å². The molecule has 2 aromatic rings. The van der Waals surface area contributed by atoms with Gasteiger partial charge in [0.05, 0.1) is 11.6 Å². The molecule has 0 amide bonds. The quantitative estimate of drug-likeness (QED) is 0.867. The summed E-state index contributed by atoms with van der Waals surface area (Å²) in [6.07, 6.45) is 3.35. The Labute approximate surface area is 102 Å². The first-order valence-electron chi connectivity index (χ1n) is 6.23. The molecule has 0 aliphatic carbocycles. The molecule has 0 radical (unpaired) electrons. The second-order valence-electron chi connectivity index (χ2n) is 4.72. The molecule has 2 nitrogen and oxygen atoms in total. The lowest BCUT2D eigenvalue weighted by molar-refractivity contribution is 0.146. The zero-order valence-electron chi connectivity index (χ0n) is 10.4. The molecule has 0 aliphatic rings. The van der Waals surface area contributed by atoms with Gasteiger partial charge in [0.1, 0.15) is 0 Å². The maximum Gasteiger partial charge on any atom is 0.0792 e. The van der Waals surface area contributed by atoms with Crippen LogP contribution < -0.4 is 0 Å². The smallest absolute Gasteiger partial charge is 0.0792 e. The predicted molar refractivity (Wildman–Crippen MR) is 70.8 cm³/mol. The van der Waals surface area contributed by atoms with Gasteiger partial charge in [-0.1, -0.05) is 32.4 Å². The highest BCUT2D eigenvalue weighted by atomic mass is 16.3. The Morgan fingerprint density at radius 1 is 1.29 bits per heavy atom. The molecule has 0 fully saturated rings. The Hall–Kier alpha value is -1.41. The van der Waals surface area contributed by atoms with Gasteiger partial charge in [0.15, 0.2) is 0 Å². The maximum absolute atomic E-state index is 10.2. The minimum atomic E-state index is -0.366. The third kappa shape index (κ3) is 2.83. The summed E-state index contributed by atoms with van der Waals surface area (Å²) >= 11 is 0. The van der Waals surface area contributed by atoms with Crippen molar-refractivity contribution in [2.75, 3.05) is 0 Å². The number of hydrogen-bond acceptors (Lipinski definition) is 2. The van der Waals surface area contributed by atoms with Gasteiger partial charge in [0.25, 0.3) is 0 Å². The Bertz CT molecular complexity index is 495. The van der Waals surface area contributed by atoms with E-state index >= 15 is 0 Å². The van der Waals surface area contributed by atoms with E-state index in [4.69, 9.17) is 0 Å². The fourth-order valence-corrected chi connectivity index (χ4v) is 1.99. The number of benzene rings is 1. The minimum Gasteiger partial charge on any atom is -0.388 e. The first kappa shape index (κ1) is 12.1. The first-order valence-corrected chi connectivity index (χ1v) is 6.23. The van der Waals surface area contributed by atoms with Crippen LogP contribution in [-0.2, 0) is 0 Å². The highest BCUT2D eigenvalue weighted by molar-refractivity contribution is 5.78. The van der Waals surface area contributed by atoms with Crippen molar-refractivity contribution < 1.29 is 5.11 Å². The molecule has 2 rings (SSSR count). The summed E-state index contributed by atoms with van der Waals surface area (Å²) in [5, 5.41) is 11.3. The predicted octanol–water partition coefficient (Wildman–Crippen LogP) is 3.70. The normalized spacial score (nSPS) is 14.8. The van der Waals surface area contributed by atoms with E-state index in [1.165, 1.54) is 0 Å². The average molecular weight is 229 g/mol. The molecule has 0 aliphatic heterocycles. The molecule has 0 spiro atoms. The highest BCUT2D eigenvalue weighted by Gasteiger charge is 2.11. The van der Waals surface area contributed by atoms with Crippen LogP contribution in [0.1, 0.15) is 38.4 Å². The lowest BCUT2D eigenvalue weighted by Gasteiger charge is -2.15. The molecule has 2 unspecified atom stereocenters. The molecule has 1 aromatic carbocycles. The van der Waals surface area contributed by atoms with Crippen LogP contribution in [0.3, 0.4) is 0 Å². The number of aromatic nitrogens is 1.